The van der Waals surface area contributed by atoms with Crippen molar-refractivity contribution in [3.8, 4) is 5.75 Å². The Balaban J connectivity index is 1.56. The largest absolute Gasteiger partial charge is 0.488 e. The van der Waals surface area contributed by atoms with Crippen molar-refractivity contribution >= 4 is 57.1 Å². The maximum Gasteiger partial charge on any atom is 0.335 e. The predicted octanol–water partition coefficient (Wildman–Crippen LogP) is 5.96. The molecular weight excluding hydrogens is 520 g/mol. The van der Waals surface area contributed by atoms with Crippen molar-refractivity contribution in [1.82, 2.24) is 5.32 Å². The molecule has 0 radical (unpaired) electrons. The van der Waals surface area contributed by atoms with Crippen molar-refractivity contribution in [2.75, 3.05) is 4.90 Å². The SMILES string of the molecule is Cc1cc(C)cc(COc2ccc(/C=C3\C(=O)NC(=O)N(c4cccc(Cl)c4)C3=O)cc2Br)c1. The fourth-order valence-electron chi connectivity index (χ4n) is 3.71. The highest BCUT2D eigenvalue weighted by molar-refractivity contribution is 9.10. The fraction of sp³-hybridized carbons (Fsp3) is 0.115. The second-order valence-corrected chi connectivity index (χ2v) is 9.20. The van der Waals surface area contributed by atoms with Gasteiger partial charge in [-0.3, -0.25) is 14.9 Å². The van der Waals surface area contributed by atoms with Gasteiger partial charge in [0.05, 0.1) is 10.2 Å². The number of urea groups is 1. The van der Waals surface area contributed by atoms with E-state index in [-0.39, 0.29) is 11.3 Å². The maximum atomic E-state index is 13.0. The number of nitrogens with one attached hydrogen (secondary N) is 1. The number of rotatable bonds is 5. The van der Waals surface area contributed by atoms with Gasteiger partial charge in [-0.2, -0.15) is 0 Å². The molecule has 0 unspecified atom stereocenters. The van der Waals surface area contributed by atoms with E-state index in [1.54, 1.807) is 36.4 Å². The number of halogens is 2. The van der Waals surface area contributed by atoms with Crippen LogP contribution in [0.3, 0.4) is 0 Å². The molecule has 0 aromatic heterocycles. The Morgan fingerprint density at radius 3 is 2.41 bits per heavy atom. The summed E-state index contributed by atoms with van der Waals surface area (Å²) < 4.78 is 6.61. The molecule has 3 aromatic rings. The van der Waals surface area contributed by atoms with Crippen LogP contribution in [0.5, 0.6) is 5.75 Å². The smallest absolute Gasteiger partial charge is 0.335 e. The molecule has 1 N–H and O–H groups in total. The van der Waals surface area contributed by atoms with E-state index in [9.17, 15) is 14.4 Å². The molecule has 6 nitrogen and oxygen atoms in total. The van der Waals surface area contributed by atoms with E-state index in [0.29, 0.717) is 27.4 Å². The molecule has 1 heterocycles. The average molecular weight is 540 g/mol. The standard InChI is InChI=1S/C26H20BrClN2O4/c1-15-8-16(2)10-18(9-15)14-34-23-7-6-17(12-22(23)27)11-21-24(31)29-26(33)30(25(21)32)20-5-3-4-19(28)13-20/h3-13H,14H2,1-2H3,(H,29,31,33)/b21-11+. The van der Waals surface area contributed by atoms with E-state index in [0.717, 1.165) is 10.5 Å². The van der Waals surface area contributed by atoms with Gasteiger partial charge in [0.1, 0.15) is 17.9 Å². The highest BCUT2D eigenvalue weighted by Gasteiger charge is 2.36. The molecule has 0 aliphatic carbocycles. The van der Waals surface area contributed by atoms with Gasteiger partial charge < -0.3 is 4.74 Å². The Morgan fingerprint density at radius 2 is 1.74 bits per heavy atom. The Morgan fingerprint density at radius 1 is 1.00 bits per heavy atom. The van der Waals surface area contributed by atoms with Crippen molar-refractivity contribution in [2.24, 2.45) is 0 Å². The number of barbiturate groups is 1. The molecule has 4 rings (SSSR count). The summed E-state index contributed by atoms with van der Waals surface area (Å²) in [5, 5.41) is 2.56. The third-order valence-corrected chi connectivity index (χ3v) is 5.97. The lowest BCUT2D eigenvalue weighted by atomic mass is 10.1. The molecule has 1 aliphatic heterocycles. The summed E-state index contributed by atoms with van der Waals surface area (Å²) in [6.45, 7) is 4.48. The third kappa shape index (κ3) is 5.21. The second kappa shape index (κ2) is 9.83. The molecular formula is C26H20BrClN2O4. The number of ether oxygens (including phenoxy) is 1. The number of nitrogens with zero attached hydrogens (tertiary/aromatic N) is 1. The molecule has 34 heavy (non-hydrogen) atoms. The zero-order chi connectivity index (χ0) is 24.4. The minimum atomic E-state index is -0.828. The number of benzene rings is 3. The van der Waals surface area contributed by atoms with Crippen LogP contribution in [0.2, 0.25) is 5.02 Å². The first-order chi connectivity index (χ1) is 16.2. The summed E-state index contributed by atoms with van der Waals surface area (Å²) in [7, 11) is 0. The van der Waals surface area contributed by atoms with E-state index in [4.69, 9.17) is 16.3 Å². The van der Waals surface area contributed by atoms with Crippen LogP contribution in [0.1, 0.15) is 22.3 Å². The Hall–Kier alpha value is -3.42. The maximum absolute atomic E-state index is 13.0. The summed E-state index contributed by atoms with van der Waals surface area (Å²) >= 11 is 9.49. The van der Waals surface area contributed by atoms with Gasteiger partial charge in [-0.25, -0.2) is 9.69 Å². The van der Waals surface area contributed by atoms with Gasteiger partial charge in [0.15, 0.2) is 0 Å². The van der Waals surface area contributed by atoms with E-state index in [2.05, 4.69) is 39.4 Å². The molecule has 1 fully saturated rings. The average Bonchev–Trinajstić information content (AvgIpc) is 2.75. The Labute approximate surface area is 210 Å². The van der Waals surface area contributed by atoms with Crippen molar-refractivity contribution in [2.45, 2.75) is 20.5 Å². The molecule has 8 heteroatoms. The zero-order valence-electron chi connectivity index (χ0n) is 18.4. The highest BCUT2D eigenvalue weighted by atomic mass is 79.9. The van der Waals surface area contributed by atoms with Gasteiger partial charge in [-0.1, -0.05) is 53.1 Å². The summed E-state index contributed by atoms with van der Waals surface area (Å²) in [6, 6.07) is 16.9. The van der Waals surface area contributed by atoms with Crippen molar-refractivity contribution < 1.29 is 19.1 Å². The lowest BCUT2D eigenvalue weighted by Gasteiger charge is -2.26. The zero-order valence-corrected chi connectivity index (χ0v) is 20.7. The molecule has 4 amide bonds. The Kier molecular flexibility index (Phi) is 6.86. The van der Waals surface area contributed by atoms with Gasteiger partial charge in [0, 0.05) is 5.02 Å². The first kappa shape index (κ1) is 23.7. The van der Waals surface area contributed by atoms with Crippen LogP contribution in [0, 0.1) is 13.8 Å². The fourth-order valence-corrected chi connectivity index (χ4v) is 4.41. The van der Waals surface area contributed by atoms with Crippen LogP contribution in [0.25, 0.3) is 6.08 Å². The normalized spacial score (nSPS) is 15.0. The highest BCUT2D eigenvalue weighted by Crippen LogP contribution is 2.29. The number of carbonyl (C=O) groups is 3. The van der Waals surface area contributed by atoms with Crippen LogP contribution in [-0.4, -0.2) is 17.8 Å². The summed E-state index contributed by atoms with van der Waals surface area (Å²) in [4.78, 5) is 38.7. The van der Waals surface area contributed by atoms with E-state index in [1.165, 1.54) is 23.3 Å². The topological polar surface area (TPSA) is 75.7 Å². The van der Waals surface area contributed by atoms with E-state index >= 15 is 0 Å². The number of amides is 4. The summed E-state index contributed by atoms with van der Waals surface area (Å²) in [6.07, 6.45) is 1.43. The first-order valence-corrected chi connectivity index (χ1v) is 11.5. The van der Waals surface area contributed by atoms with Gasteiger partial charge in [-0.15, -0.1) is 0 Å². The van der Waals surface area contributed by atoms with Crippen LogP contribution >= 0.6 is 27.5 Å². The number of hydrogen-bond acceptors (Lipinski definition) is 4. The summed E-state index contributed by atoms with van der Waals surface area (Å²) in [5.74, 6) is -0.877. The number of hydrogen-bond donors (Lipinski definition) is 1. The number of aryl methyl sites for hydroxylation is 2. The number of anilines is 1. The van der Waals surface area contributed by atoms with Crippen LogP contribution in [-0.2, 0) is 16.2 Å². The lowest BCUT2D eigenvalue weighted by Crippen LogP contribution is -2.54. The summed E-state index contributed by atoms with van der Waals surface area (Å²) in [5.41, 5.74) is 4.08. The molecule has 1 saturated heterocycles. The van der Waals surface area contributed by atoms with Gasteiger partial charge in [0.2, 0.25) is 0 Å². The van der Waals surface area contributed by atoms with E-state index in [1.807, 2.05) is 13.8 Å². The van der Waals surface area contributed by atoms with Crippen molar-refractivity contribution in [3.63, 3.8) is 0 Å². The van der Waals surface area contributed by atoms with Crippen LogP contribution in [0.4, 0.5) is 10.5 Å². The van der Waals surface area contributed by atoms with Crippen LogP contribution in [0.15, 0.2) is 70.7 Å². The second-order valence-electron chi connectivity index (χ2n) is 7.91. The van der Waals surface area contributed by atoms with E-state index < -0.39 is 17.8 Å². The minimum Gasteiger partial charge on any atom is -0.488 e. The quantitative estimate of drug-likeness (QED) is 0.320. The Bertz CT molecular complexity index is 1330. The van der Waals surface area contributed by atoms with Gasteiger partial charge >= 0.3 is 6.03 Å². The first-order valence-electron chi connectivity index (χ1n) is 10.4. The minimum absolute atomic E-state index is 0.171. The van der Waals surface area contributed by atoms with Crippen LogP contribution < -0.4 is 15.0 Å². The molecule has 3 aromatic carbocycles. The number of carbonyl (C=O) groups excluding carboxylic acids is 3. The molecule has 0 spiro atoms. The number of imide groups is 2. The molecule has 0 bridgehead atoms. The van der Waals surface area contributed by atoms with Crippen molar-refractivity contribution in [1.29, 1.82) is 0 Å². The predicted molar refractivity (Wildman–Crippen MR) is 135 cm³/mol. The molecule has 0 saturated carbocycles. The monoisotopic (exact) mass is 538 g/mol. The lowest BCUT2D eigenvalue weighted by molar-refractivity contribution is -0.122. The molecule has 0 atom stereocenters. The molecule has 172 valence electrons. The van der Waals surface area contributed by atoms with Gasteiger partial charge in [-0.05, 0) is 77.3 Å². The van der Waals surface area contributed by atoms with Gasteiger partial charge in [0.25, 0.3) is 11.8 Å². The van der Waals surface area contributed by atoms with Crippen molar-refractivity contribution in [3.05, 3.63) is 98.0 Å². The third-order valence-electron chi connectivity index (χ3n) is 5.11. The molecule has 1 aliphatic rings.